The Morgan fingerprint density at radius 1 is 1.40 bits per heavy atom. The summed E-state index contributed by atoms with van der Waals surface area (Å²) in [4.78, 5) is 2.42. The minimum atomic E-state index is 0.769. The van der Waals surface area contributed by atoms with Gasteiger partial charge in [-0.1, -0.05) is 26.0 Å². The molecule has 1 heterocycles. The predicted octanol–water partition coefficient (Wildman–Crippen LogP) is 1.90. The van der Waals surface area contributed by atoms with Crippen LogP contribution in [0.25, 0.3) is 0 Å². The lowest BCUT2D eigenvalue weighted by Gasteiger charge is -2.32. The van der Waals surface area contributed by atoms with Crippen molar-refractivity contribution in [2.75, 3.05) is 13.6 Å². The highest BCUT2D eigenvalue weighted by molar-refractivity contribution is 4.95. The second-order valence-electron chi connectivity index (χ2n) is 3.46. The quantitative estimate of drug-likeness (QED) is 0.501. The van der Waals surface area contributed by atoms with Crippen LogP contribution in [0.3, 0.4) is 0 Å². The fourth-order valence-corrected chi connectivity index (χ4v) is 1.57. The molecule has 0 fully saturated rings. The van der Waals surface area contributed by atoms with Crippen molar-refractivity contribution in [2.45, 2.75) is 26.3 Å². The first-order valence-electron chi connectivity index (χ1n) is 4.07. The van der Waals surface area contributed by atoms with Crippen molar-refractivity contribution < 1.29 is 0 Å². The molecule has 0 amide bonds. The molecule has 1 aliphatic heterocycles. The number of rotatable bonds is 1. The Hall–Kier alpha value is -0.300. The third-order valence-electron chi connectivity index (χ3n) is 2.27. The molecule has 0 N–H and O–H groups in total. The minimum Gasteiger partial charge on any atom is -0.299 e. The predicted molar refractivity (Wildman–Crippen MR) is 45.0 cm³/mol. The van der Waals surface area contributed by atoms with E-state index in [1.807, 2.05) is 0 Å². The van der Waals surface area contributed by atoms with Gasteiger partial charge in [-0.3, -0.25) is 4.90 Å². The Balaban J connectivity index is 2.51. The van der Waals surface area contributed by atoms with E-state index in [0.717, 1.165) is 18.5 Å². The van der Waals surface area contributed by atoms with E-state index in [1.165, 1.54) is 6.42 Å². The van der Waals surface area contributed by atoms with E-state index in [9.17, 15) is 0 Å². The summed E-state index contributed by atoms with van der Waals surface area (Å²) in [6.07, 6.45) is 5.78. The van der Waals surface area contributed by atoms with Crippen LogP contribution < -0.4 is 0 Å². The molecule has 0 radical (unpaired) electrons. The molecule has 0 aromatic rings. The van der Waals surface area contributed by atoms with Gasteiger partial charge in [-0.15, -0.1) is 0 Å². The normalized spacial score (nSPS) is 27.8. The molecule has 58 valence electrons. The average Bonchev–Trinajstić information content (AvgIpc) is 1.88. The smallest absolute Gasteiger partial charge is 0.0163 e. The zero-order chi connectivity index (χ0) is 7.56. The first-order valence-corrected chi connectivity index (χ1v) is 4.07. The highest BCUT2D eigenvalue weighted by Crippen LogP contribution is 2.16. The molecule has 0 aromatic carbocycles. The van der Waals surface area contributed by atoms with Crippen LogP contribution >= 0.6 is 0 Å². The number of likely N-dealkylation sites (N-methyl/N-ethyl adjacent to an activating group) is 1. The van der Waals surface area contributed by atoms with Crippen molar-refractivity contribution in [3.63, 3.8) is 0 Å². The maximum Gasteiger partial charge on any atom is 0.0163 e. The lowest BCUT2D eigenvalue weighted by atomic mass is 9.97. The molecule has 1 heteroatoms. The van der Waals surface area contributed by atoms with Crippen LogP contribution in [0.2, 0.25) is 0 Å². The van der Waals surface area contributed by atoms with Gasteiger partial charge >= 0.3 is 0 Å². The summed E-state index contributed by atoms with van der Waals surface area (Å²) in [5.41, 5.74) is 0. The summed E-state index contributed by atoms with van der Waals surface area (Å²) in [6, 6.07) is 0.769. The molecule has 1 aliphatic rings. The van der Waals surface area contributed by atoms with Gasteiger partial charge in [0, 0.05) is 12.6 Å². The molecule has 10 heavy (non-hydrogen) atoms. The SMILES string of the molecule is CC(C)C1CC=CCN1C. The molecular formula is C9H17N. The molecule has 0 aromatic heterocycles. The number of hydrogen-bond donors (Lipinski definition) is 0. The summed E-state index contributed by atoms with van der Waals surface area (Å²) in [5.74, 6) is 0.787. The molecule has 0 saturated carbocycles. The van der Waals surface area contributed by atoms with Gasteiger partial charge in [0.25, 0.3) is 0 Å². The van der Waals surface area contributed by atoms with Crippen LogP contribution in [0.1, 0.15) is 20.3 Å². The molecule has 0 spiro atoms. The van der Waals surface area contributed by atoms with Crippen LogP contribution in [-0.4, -0.2) is 24.5 Å². The minimum absolute atomic E-state index is 0.769. The van der Waals surface area contributed by atoms with Gasteiger partial charge in [0.15, 0.2) is 0 Å². The first kappa shape index (κ1) is 7.80. The van der Waals surface area contributed by atoms with Crippen LogP contribution in [0.4, 0.5) is 0 Å². The standard InChI is InChI=1S/C9H17N/c1-8(2)9-6-4-5-7-10(9)3/h4-5,8-9H,6-7H2,1-3H3. The molecule has 1 nitrogen and oxygen atoms in total. The van der Waals surface area contributed by atoms with Crippen LogP contribution in [0, 0.1) is 5.92 Å². The fraction of sp³-hybridized carbons (Fsp3) is 0.778. The van der Waals surface area contributed by atoms with Gasteiger partial charge in [-0.05, 0) is 19.4 Å². The van der Waals surface area contributed by atoms with Crippen molar-refractivity contribution in [3.8, 4) is 0 Å². The van der Waals surface area contributed by atoms with E-state index in [0.29, 0.717) is 0 Å². The van der Waals surface area contributed by atoms with Gasteiger partial charge in [0.2, 0.25) is 0 Å². The van der Waals surface area contributed by atoms with E-state index in [2.05, 4.69) is 37.9 Å². The van der Waals surface area contributed by atoms with Crippen molar-refractivity contribution in [1.29, 1.82) is 0 Å². The second-order valence-corrected chi connectivity index (χ2v) is 3.46. The van der Waals surface area contributed by atoms with Crippen LogP contribution in [0.5, 0.6) is 0 Å². The Labute approximate surface area is 63.7 Å². The highest BCUT2D eigenvalue weighted by atomic mass is 15.1. The maximum atomic E-state index is 2.42. The van der Waals surface area contributed by atoms with Crippen molar-refractivity contribution in [1.82, 2.24) is 4.90 Å². The van der Waals surface area contributed by atoms with Crippen LogP contribution in [-0.2, 0) is 0 Å². The first-order chi connectivity index (χ1) is 4.72. The Kier molecular flexibility index (Phi) is 2.50. The lowest BCUT2D eigenvalue weighted by molar-refractivity contribution is 0.202. The molecule has 1 rings (SSSR count). The van der Waals surface area contributed by atoms with Crippen molar-refractivity contribution in [2.24, 2.45) is 5.92 Å². The van der Waals surface area contributed by atoms with E-state index < -0.39 is 0 Å². The highest BCUT2D eigenvalue weighted by Gasteiger charge is 2.18. The Morgan fingerprint density at radius 2 is 2.10 bits per heavy atom. The summed E-state index contributed by atoms with van der Waals surface area (Å²) in [7, 11) is 2.20. The fourth-order valence-electron chi connectivity index (χ4n) is 1.57. The van der Waals surface area contributed by atoms with Crippen molar-refractivity contribution in [3.05, 3.63) is 12.2 Å². The summed E-state index contributed by atoms with van der Waals surface area (Å²) < 4.78 is 0. The van der Waals surface area contributed by atoms with Crippen molar-refractivity contribution >= 4 is 0 Å². The summed E-state index contributed by atoms with van der Waals surface area (Å²) in [6.45, 7) is 5.71. The largest absolute Gasteiger partial charge is 0.299 e. The summed E-state index contributed by atoms with van der Waals surface area (Å²) >= 11 is 0. The molecule has 0 aliphatic carbocycles. The topological polar surface area (TPSA) is 3.24 Å². The zero-order valence-corrected chi connectivity index (χ0v) is 7.17. The Morgan fingerprint density at radius 3 is 2.50 bits per heavy atom. The van der Waals surface area contributed by atoms with Gasteiger partial charge in [-0.2, -0.15) is 0 Å². The molecular weight excluding hydrogens is 122 g/mol. The van der Waals surface area contributed by atoms with Gasteiger partial charge in [0.05, 0.1) is 0 Å². The monoisotopic (exact) mass is 139 g/mol. The van der Waals surface area contributed by atoms with E-state index in [4.69, 9.17) is 0 Å². The summed E-state index contributed by atoms with van der Waals surface area (Å²) in [5, 5.41) is 0. The van der Waals surface area contributed by atoms with E-state index >= 15 is 0 Å². The Bertz CT molecular complexity index is 127. The number of nitrogens with zero attached hydrogens (tertiary/aromatic N) is 1. The van der Waals surface area contributed by atoms with Gasteiger partial charge < -0.3 is 0 Å². The molecule has 0 bridgehead atoms. The van der Waals surface area contributed by atoms with E-state index in [1.54, 1.807) is 0 Å². The molecule has 0 saturated heterocycles. The van der Waals surface area contributed by atoms with Gasteiger partial charge in [0.1, 0.15) is 0 Å². The lowest BCUT2D eigenvalue weighted by Crippen LogP contribution is -2.37. The second kappa shape index (κ2) is 3.20. The maximum absolute atomic E-state index is 2.42. The third-order valence-corrected chi connectivity index (χ3v) is 2.27. The van der Waals surface area contributed by atoms with E-state index in [-0.39, 0.29) is 0 Å². The number of hydrogen-bond acceptors (Lipinski definition) is 1. The van der Waals surface area contributed by atoms with Gasteiger partial charge in [-0.25, -0.2) is 0 Å². The van der Waals surface area contributed by atoms with Crippen LogP contribution in [0.15, 0.2) is 12.2 Å². The average molecular weight is 139 g/mol. The zero-order valence-electron chi connectivity index (χ0n) is 7.17. The third kappa shape index (κ3) is 1.60. The molecule has 1 atom stereocenters. The molecule has 1 unspecified atom stereocenters.